The van der Waals surface area contributed by atoms with Crippen LogP contribution in [0.3, 0.4) is 0 Å². The molecule has 2 aliphatic rings. The lowest BCUT2D eigenvalue weighted by Crippen LogP contribution is -2.17. The molecule has 3 heteroatoms. The van der Waals surface area contributed by atoms with E-state index in [1.54, 1.807) is 0 Å². The molecule has 0 bridgehead atoms. The predicted octanol–water partition coefficient (Wildman–Crippen LogP) is 3.44. The molecule has 1 aromatic rings. The summed E-state index contributed by atoms with van der Waals surface area (Å²) in [6, 6.07) is 8.60. The maximum atomic E-state index is 12.0. The molecule has 0 radical (unpaired) electrons. The van der Waals surface area contributed by atoms with Gasteiger partial charge < -0.3 is 0 Å². The predicted molar refractivity (Wildman–Crippen MR) is 76.1 cm³/mol. The second kappa shape index (κ2) is 4.88. The first-order chi connectivity index (χ1) is 8.72. The number of fused-ring (bicyclic) bond motifs is 1. The highest BCUT2D eigenvalue weighted by Crippen LogP contribution is 2.35. The minimum atomic E-state index is 0.278. The van der Waals surface area contributed by atoms with Crippen LogP contribution in [0.2, 0.25) is 0 Å². The standard InChI is InChI=1S/C15H17NOS/c1-10-8-12-4-2-3-5-13(12)15(16-10)18-14(17)9-11-6-7-11/h2-5,10-11H,6-9H2,1H3. The topological polar surface area (TPSA) is 29.4 Å². The Morgan fingerprint density at radius 2 is 2.17 bits per heavy atom. The van der Waals surface area contributed by atoms with Crippen molar-refractivity contribution in [2.45, 2.75) is 38.6 Å². The Morgan fingerprint density at radius 3 is 2.94 bits per heavy atom. The van der Waals surface area contributed by atoms with Crippen LogP contribution < -0.4 is 0 Å². The number of aliphatic imine (C=N–C) groups is 1. The van der Waals surface area contributed by atoms with Gasteiger partial charge in [-0.3, -0.25) is 9.79 Å². The van der Waals surface area contributed by atoms with Crippen molar-refractivity contribution in [3.8, 4) is 0 Å². The molecule has 2 nitrogen and oxygen atoms in total. The van der Waals surface area contributed by atoms with Gasteiger partial charge in [-0.15, -0.1) is 0 Å². The lowest BCUT2D eigenvalue weighted by molar-refractivity contribution is -0.111. The van der Waals surface area contributed by atoms with Crippen LogP contribution in [0.4, 0.5) is 0 Å². The third-order valence-electron chi connectivity index (χ3n) is 3.46. The highest BCUT2D eigenvalue weighted by atomic mass is 32.2. The summed E-state index contributed by atoms with van der Waals surface area (Å²) >= 11 is 1.35. The van der Waals surface area contributed by atoms with Gasteiger partial charge in [0.05, 0.1) is 6.04 Å². The van der Waals surface area contributed by atoms with Crippen LogP contribution in [-0.4, -0.2) is 16.2 Å². The molecular formula is C15H17NOS. The Bertz CT molecular complexity index is 505. The Hall–Kier alpha value is -1.09. The van der Waals surface area contributed by atoms with Crippen LogP contribution in [0.1, 0.15) is 37.3 Å². The number of hydrogen-bond donors (Lipinski definition) is 0. The summed E-state index contributed by atoms with van der Waals surface area (Å²) in [5.41, 5.74) is 2.48. The molecule has 1 saturated carbocycles. The van der Waals surface area contributed by atoms with Gasteiger partial charge in [0.25, 0.3) is 0 Å². The minimum absolute atomic E-state index is 0.278. The zero-order chi connectivity index (χ0) is 12.5. The molecule has 1 aliphatic heterocycles. The number of carbonyl (C=O) groups excluding carboxylic acids is 1. The first-order valence-corrected chi connectivity index (χ1v) is 7.41. The summed E-state index contributed by atoms with van der Waals surface area (Å²) in [7, 11) is 0. The summed E-state index contributed by atoms with van der Waals surface area (Å²) in [4.78, 5) is 16.6. The van der Waals surface area contributed by atoms with Gasteiger partial charge in [-0.25, -0.2) is 0 Å². The maximum Gasteiger partial charge on any atom is 0.195 e. The first-order valence-electron chi connectivity index (χ1n) is 6.59. The SMILES string of the molecule is CC1Cc2ccccc2C(SC(=O)CC2CC2)=N1. The Balaban J connectivity index is 1.78. The van der Waals surface area contributed by atoms with E-state index in [0.29, 0.717) is 5.92 Å². The third-order valence-corrected chi connectivity index (χ3v) is 4.38. The molecule has 0 saturated heterocycles. The number of hydrogen-bond acceptors (Lipinski definition) is 3. The average Bonchev–Trinajstić information content (AvgIpc) is 3.12. The van der Waals surface area contributed by atoms with E-state index in [-0.39, 0.29) is 11.2 Å². The van der Waals surface area contributed by atoms with Crippen molar-refractivity contribution >= 4 is 21.9 Å². The van der Waals surface area contributed by atoms with E-state index in [9.17, 15) is 4.79 Å². The second-order valence-corrected chi connectivity index (χ2v) is 6.31. The molecule has 18 heavy (non-hydrogen) atoms. The fourth-order valence-electron chi connectivity index (χ4n) is 2.33. The second-order valence-electron chi connectivity index (χ2n) is 5.27. The zero-order valence-corrected chi connectivity index (χ0v) is 11.4. The minimum Gasteiger partial charge on any atom is -0.287 e. The molecule has 3 rings (SSSR count). The summed E-state index contributed by atoms with van der Waals surface area (Å²) in [6.45, 7) is 2.11. The van der Waals surface area contributed by atoms with Gasteiger partial charge in [-0.1, -0.05) is 24.3 Å². The van der Waals surface area contributed by atoms with Gasteiger partial charge in [0.2, 0.25) is 0 Å². The van der Waals surface area contributed by atoms with E-state index in [2.05, 4.69) is 30.1 Å². The molecule has 0 N–H and O–H groups in total. The van der Waals surface area contributed by atoms with Crippen LogP contribution in [0.25, 0.3) is 0 Å². The van der Waals surface area contributed by atoms with Gasteiger partial charge in [0.1, 0.15) is 5.04 Å². The summed E-state index contributed by atoms with van der Waals surface area (Å²) in [6.07, 6.45) is 4.16. The first kappa shape index (κ1) is 12.0. The number of benzene rings is 1. The van der Waals surface area contributed by atoms with Crippen molar-refractivity contribution in [3.63, 3.8) is 0 Å². The van der Waals surface area contributed by atoms with E-state index >= 15 is 0 Å². The molecule has 1 atom stereocenters. The molecule has 1 aromatic carbocycles. The van der Waals surface area contributed by atoms with Crippen molar-refractivity contribution in [2.24, 2.45) is 10.9 Å². The molecule has 1 aliphatic carbocycles. The van der Waals surface area contributed by atoms with Gasteiger partial charge in [-0.2, -0.15) is 0 Å². The van der Waals surface area contributed by atoms with Crippen molar-refractivity contribution in [2.75, 3.05) is 0 Å². The lowest BCUT2D eigenvalue weighted by Gasteiger charge is -2.20. The van der Waals surface area contributed by atoms with Gasteiger partial charge in [0.15, 0.2) is 5.12 Å². The van der Waals surface area contributed by atoms with Crippen molar-refractivity contribution < 1.29 is 4.79 Å². The fourth-order valence-corrected chi connectivity index (χ4v) is 3.41. The largest absolute Gasteiger partial charge is 0.287 e. The number of nitrogens with zero attached hydrogens (tertiary/aromatic N) is 1. The van der Waals surface area contributed by atoms with Crippen LogP contribution in [0.15, 0.2) is 29.3 Å². The number of thioether (sulfide) groups is 1. The summed E-state index contributed by atoms with van der Waals surface area (Å²) < 4.78 is 0. The quantitative estimate of drug-likeness (QED) is 0.814. The highest BCUT2D eigenvalue weighted by Gasteiger charge is 2.27. The Kier molecular flexibility index (Phi) is 3.25. The highest BCUT2D eigenvalue weighted by molar-refractivity contribution is 8.26. The normalized spacial score (nSPS) is 22.3. The number of rotatable bonds is 2. The van der Waals surface area contributed by atoms with E-state index in [0.717, 1.165) is 23.4 Å². The maximum absolute atomic E-state index is 12.0. The molecule has 1 fully saturated rings. The Labute approximate surface area is 112 Å². The van der Waals surface area contributed by atoms with Gasteiger partial charge in [-0.05, 0) is 49.4 Å². The number of carbonyl (C=O) groups is 1. The summed E-state index contributed by atoms with van der Waals surface area (Å²) in [5.74, 6) is 0.654. The average molecular weight is 259 g/mol. The smallest absolute Gasteiger partial charge is 0.195 e. The third kappa shape index (κ3) is 2.66. The zero-order valence-electron chi connectivity index (χ0n) is 10.6. The van der Waals surface area contributed by atoms with Crippen LogP contribution >= 0.6 is 11.8 Å². The Morgan fingerprint density at radius 1 is 1.39 bits per heavy atom. The molecule has 0 amide bonds. The van der Waals surface area contributed by atoms with Crippen molar-refractivity contribution in [1.29, 1.82) is 0 Å². The van der Waals surface area contributed by atoms with Crippen molar-refractivity contribution in [3.05, 3.63) is 35.4 Å². The van der Waals surface area contributed by atoms with Gasteiger partial charge in [0, 0.05) is 12.0 Å². The van der Waals surface area contributed by atoms with E-state index in [4.69, 9.17) is 0 Å². The van der Waals surface area contributed by atoms with Crippen molar-refractivity contribution in [1.82, 2.24) is 0 Å². The van der Waals surface area contributed by atoms with E-state index in [1.807, 2.05) is 6.07 Å². The van der Waals surface area contributed by atoms with Crippen LogP contribution in [-0.2, 0) is 11.2 Å². The molecule has 1 heterocycles. The molecule has 94 valence electrons. The monoisotopic (exact) mass is 259 g/mol. The van der Waals surface area contributed by atoms with Crippen LogP contribution in [0, 0.1) is 5.92 Å². The summed E-state index contributed by atoms with van der Waals surface area (Å²) in [5, 5.41) is 1.20. The molecular weight excluding hydrogens is 242 g/mol. The fraction of sp³-hybridized carbons (Fsp3) is 0.467. The van der Waals surface area contributed by atoms with Crippen LogP contribution in [0.5, 0.6) is 0 Å². The molecule has 1 unspecified atom stereocenters. The van der Waals surface area contributed by atoms with E-state index in [1.165, 1.54) is 30.2 Å². The molecule has 0 spiro atoms. The van der Waals surface area contributed by atoms with E-state index < -0.39 is 0 Å². The van der Waals surface area contributed by atoms with Gasteiger partial charge >= 0.3 is 0 Å². The lowest BCUT2D eigenvalue weighted by atomic mass is 9.99. The molecule has 0 aromatic heterocycles.